The van der Waals surface area contributed by atoms with E-state index in [1.54, 1.807) is 0 Å². The van der Waals surface area contributed by atoms with Gasteiger partial charge in [0.1, 0.15) is 24.0 Å². The van der Waals surface area contributed by atoms with Crippen LogP contribution in [0.4, 0.5) is 4.39 Å². The minimum atomic E-state index is -0.523. The van der Waals surface area contributed by atoms with E-state index in [1.165, 1.54) is 24.7 Å². The summed E-state index contributed by atoms with van der Waals surface area (Å²) in [5.41, 5.74) is 0.557. The van der Waals surface area contributed by atoms with Crippen molar-refractivity contribution in [1.29, 1.82) is 0 Å². The van der Waals surface area contributed by atoms with Crippen molar-refractivity contribution in [2.45, 2.75) is 6.29 Å². The molecule has 0 unspecified atom stereocenters. The second-order valence-electron chi connectivity index (χ2n) is 2.28. The van der Waals surface area contributed by atoms with Crippen LogP contribution in [-0.2, 0) is 9.47 Å². The molecule has 2 heterocycles. The van der Waals surface area contributed by atoms with Gasteiger partial charge in [0.25, 0.3) is 6.29 Å². The first kappa shape index (κ1) is 7.09. The molecule has 12 heavy (non-hydrogen) atoms. The zero-order valence-corrected chi connectivity index (χ0v) is 6.11. The van der Waals surface area contributed by atoms with E-state index >= 15 is 0 Å². The van der Waals surface area contributed by atoms with Gasteiger partial charge in [0.2, 0.25) is 0 Å². The van der Waals surface area contributed by atoms with Crippen molar-refractivity contribution in [1.82, 2.24) is 4.98 Å². The Hall–Kier alpha value is -1.58. The molecule has 1 aromatic heterocycles. The molecule has 0 saturated carbocycles. The summed E-state index contributed by atoms with van der Waals surface area (Å²) in [4.78, 5) is 3.80. The van der Waals surface area contributed by atoms with Gasteiger partial charge in [-0.1, -0.05) is 0 Å². The van der Waals surface area contributed by atoms with E-state index in [0.717, 1.165) is 6.20 Å². The van der Waals surface area contributed by atoms with Crippen LogP contribution in [0.5, 0.6) is 0 Å². The van der Waals surface area contributed by atoms with E-state index in [4.69, 9.17) is 9.47 Å². The van der Waals surface area contributed by atoms with E-state index in [2.05, 4.69) is 4.98 Å². The van der Waals surface area contributed by atoms with Crippen molar-refractivity contribution in [2.75, 3.05) is 0 Å². The lowest BCUT2D eigenvalue weighted by Crippen LogP contribution is -2.00. The molecule has 3 nitrogen and oxygen atoms in total. The monoisotopic (exact) mass is 167 g/mol. The molecule has 0 fully saturated rings. The fourth-order valence-corrected chi connectivity index (χ4v) is 0.905. The molecule has 0 amide bonds. The van der Waals surface area contributed by atoms with Crippen LogP contribution in [0.25, 0.3) is 0 Å². The average molecular weight is 167 g/mol. The minimum Gasteiger partial charge on any atom is -0.454 e. The number of aromatic nitrogens is 1. The molecule has 1 aromatic rings. The van der Waals surface area contributed by atoms with E-state index < -0.39 is 6.29 Å². The predicted molar refractivity (Wildman–Crippen MR) is 38.2 cm³/mol. The number of pyridine rings is 1. The van der Waals surface area contributed by atoms with Gasteiger partial charge >= 0.3 is 0 Å². The van der Waals surface area contributed by atoms with Crippen LogP contribution in [0, 0.1) is 5.82 Å². The standard InChI is InChI=1S/C8H6FNO2/c9-6-1-2-7(10-5-6)8-11-3-4-12-8/h1-5,8H. The summed E-state index contributed by atoms with van der Waals surface area (Å²) in [6.45, 7) is 0. The average Bonchev–Trinajstić information content (AvgIpc) is 2.58. The van der Waals surface area contributed by atoms with Gasteiger partial charge in [-0.3, -0.25) is 4.98 Å². The van der Waals surface area contributed by atoms with Crippen LogP contribution in [0.1, 0.15) is 12.0 Å². The summed E-state index contributed by atoms with van der Waals surface area (Å²) in [7, 11) is 0. The fraction of sp³-hybridized carbons (Fsp3) is 0.125. The Morgan fingerprint density at radius 3 is 2.58 bits per heavy atom. The van der Waals surface area contributed by atoms with E-state index in [9.17, 15) is 4.39 Å². The molecule has 0 bridgehead atoms. The molecule has 0 radical (unpaired) electrons. The smallest absolute Gasteiger partial charge is 0.283 e. The summed E-state index contributed by atoms with van der Waals surface area (Å²) < 4.78 is 22.4. The Balaban J connectivity index is 2.18. The van der Waals surface area contributed by atoms with Gasteiger partial charge in [-0.25, -0.2) is 4.39 Å². The van der Waals surface area contributed by atoms with Gasteiger partial charge in [0, 0.05) is 0 Å². The van der Waals surface area contributed by atoms with Gasteiger partial charge in [-0.15, -0.1) is 0 Å². The Bertz CT molecular complexity index is 288. The van der Waals surface area contributed by atoms with Crippen LogP contribution < -0.4 is 0 Å². The highest BCUT2D eigenvalue weighted by molar-refractivity contribution is 5.07. The zero-order chi connectivity index (χ0) is 8.39. The van der Waals surface area contributed by atoms with E-state index in [1.807, 2.05) is 0 Å². The molecule has 0 aliphatic carbocycles. The van der Waals surface area contributed by atoms with E-state index in [0.29, 0.717) is 5.69 Å². The summed E-state index contributed by atoms with van der Waals surface area (Å²) >= 11 is 0. The summed E-state index contributed by atoms with van der Waals surface area (Å²) in [5.74, 6) is -0.371. The minimum absolute atomic E-state index is 0.371. The molecule has 1 aliphatic rings. The van der Waals surface area contributed by atoms with Crippen molar-refractivity contribution in [2.24, 2.45) is 0 Å². The summed E-state index contributed by atoms with van der Waals surface area (Å²) in [6.07, 6.45) is 3.46. The van der Waals surface area contributed by atoms with Crippen molar-refractivity contribution < 1.29 is 13.9 Å². The first-order chi connectivity index (χ1) is 5.86. The van der Waals surface area contributed by atoms with Crippen molar-refractivity contribution in [3.63, 3.8) is 0 Å². The lowest BCUT2D eigenvalue weighted by atomic mass is 10.3. The van der Waals surface area contributed by atoms with Crippen LogP contribution in [0.2, 0.25) is 0 Å². The molecule has 1 aliphatic heterocycles. The van der Waals surface area contributed by atoms with Gasteiger partial charge in [-0.2, -0.15) is 0 Å². The summed E-state index contributed by atoms with van der Waals surface area (Å²) in [6, 6.07) is 2.83. The third-order valence-electron chi connectivity index (χ3n) is 1.45. The summed E-state index contributed by atoms with van der Waals surface area (Å²) in [5, 5.41) is 0. The first-order valence-electron chi connectivity index (χ1n) is 3.43. The second-order valence-corrected chi connectivity index (χ2v) is 2.28. The topological polar surface area (TPSA) is 31.4 Å². The lowest BCUT2D eigenvalue weighted by molar-refractivity contribution is -0.0280. The first-order valence-corrected chi connectivity index (χ1v) is 3.43. The highest BCUT2D eigenvalue weighted by Gasteiger charge is 2.16. The molecule has 0 N–H and O–H groups in total. The van der Waals surface area contributed by atoms with Crippen LogP contribution >= 0.6 is 0 Å². The molecule has 2 rings (SSSR count). The maximum atomic E-state index is 12.4. The predicted octanol–water partition coefficient (Wildman–Crippen LogP) is 1.74. The van der Waals surface area contributed by atoms with Crippen LogP contribution in [0.15, 0.2) is 30.9 Å². The number of rotatable bonds is 1. The highest BCUT2D eigenvalue weighted by Crippen LogP contribution is 2.21. The van der Waals surface area contributed by atoms with Crippen molar-refractivity contribution in [3.05, 3.63) is 42.4 Å². The molecular weight excluding hydrogens is 161 g/mol. The molecule has 4 heteroatoms. The number of hydrogen-bond donors (Lipinski definition) is 0. The SMILES string of the molecule is Fc1ccc(C2OC=CO2)nc1. The normalized spacial score (nSPS) is 15.8. The lowest BCUT2D eigenvalue weighted by Gasteiger charge is -2.08. The van der Waals surface area contributed by atoms with Gasteiger partial charge in [0.15, 0.2) is 0 Å². The number of nitrogens with zero attached hydrogens (tertiary/aromatic N) is 1. The van der Waals surface area contributed by atoms with Crippen molar-refractivity contribution >= 4 is 0 Å². The molecule has 0 saturated heterocycles. The number of ether oxygens (including phenoxy) is 2. The van der Waals surface area contributed by atoms with E-state index in [-0.39, 0.29) is 5.82 Å². The third-order valence-corrected chi connectivity index (χ3v) is 1.45. The Morgan fingerprint density at radius 2 is 2.00 bits per heavy atom. The van der Waals surface area contributed by atoms with Gasteiger partial charge < -0.3 is 9.47 Å². The molecule has 62 valence electrons. The Morgan fingerprint density at radius 1 is 1.25 bits per heavy atom. The van der Waals surface area contributed by atoms with Crippen LogP contribution in [0.3, 0.4) is 0 Å². The fourth-order valence-electron chi connectivity index (χ4n) is 0.905. The van der Waals surface area contributed by atoms with Gasteiger partial charge in [-0.05, 0) is 12.1 Å². The highest BCUT2D eigenvalue weighted by atomic mass is 19.1. The molecule has 0 spiro atoms. The molecule has 0 aromatic carbocycles. The second kappa shape index (κ2) is 2.81. The quantitative estimate of drug-likeness (QED) is 0.638. The number of hydrogen-bond acceptors (Lipinski definition) is 3. The maximum absolute atomic E-state index is 12.4. The van der Waals surface area contributed by atoms with Crippen LogP contribution in [-0.4, -0.2) is 4.98 Å². The molecule has 0 atom stereocenters. The molecular formula is C8H6FNO2. The Labute approximate surface area is 68.4 Å². The maximum Gasteiger partial charge on any atom is 0.283 e. The number of halogens is 1. The van der Waals surface area contributed by atoms with Gasteiger partial charge in [0.05, 0.1) is 6.20 Å². The zero-order valence-electron chi connectivity index (χ0n) is 6.11. The largest absolute Gasteiger partial charge is 0.454 e. The Kier molecular flexibility index (Phi) is 1.66. The third kappa shape index (κ3) is 1.23. The van der Waals surface area contributed by atoms with Crippen molar-refractivity contribution in [3.8, 4) is 0 Å².